The van der Waals surface area contributed by atoms with Crippen molar-refractivity contribution in [3.05, 3.63) is 32.6 Å². The summed E-state index contributed by atoms with van der Waals surface area (Å²) in [4.78, 5) is 11.4. The standard InChI is InChI=1S/C26H40N4OS3/c1-4-6-27-8-12-29(13-9-27)18-22-16-21(25-20(3)26(32)34-33-25)17-23(24(22)31)19-30-14-10-28(7-5-2)11-15-30/h16-17,31H,4-15,18-19H2,1-3H3. The van der Waals surface area contributed by atoms with E-state index >= 15 is 0 Å². The van der Waals surface area contributed by atoms with E-state index in [9.17, 15) is 5.11 Å². The first-order valence-electron chi connectivity index (χ1n) is 12.8. The summed E-state index contributed by atoms with van der Waals surface area (Å²) in [6.07, 6.45) is 2.43. The monoisotopic (exact) mass is 520 g/mol. The molecule has 2 aromatic rings. The number of hydrogen-bond acceptors (Lipinski definition) is 8. The minimum Gasteiger partial charge on any atom is -0.507 e. The Bertz CT molecular complexity index is 939. The zero-order valence-corrected chi connectivity index (χ0v) is 23.5. The van der Waals surface area contributed by atoms with E-state index in [1.807, 2.05) is 0 Å². The maximum absolute atomic E-state index is 11.4. The summed E-state index contributed by atoms with van der Waals surface area (Å²) in [5, 5.41) is 11.4. The first-order valence-corrected chi connectivity index (χ1v) is 15.4. The van der Waals surface area contributed by atoms with Crippen molar-refractivity contribution in [1.82, 2.24) is 19.6 Å². The van der Waals surface area contributed by atoms with Gasteiger partial charge in [-0.3, -0.25) is 9.80 Å². The van der Waals surface area contributed by atoms with E-state index in [0.29, 0.717) is 5.75 Å². The van der Waals surface area contributed by atoms with Crippen molar-refractivity contribution in [2.24, 2.45) is 0 Å². The highest BCUT2D eigenvalue weighted by molar-refractivity contribution is 7.80. The van der Waals surface area contributed by atoms with Gasteiger partial charge in [0.25, 0.3) is 0 Å². The van der Waals surface area contributed by atoms with Crippen LogP contribution in [0.3, 0.4) is 0 Å². The minimum absolute atomic E-state index is 0.493. The van der Waals surface area contributed by atoms with Gasteiger partial charge in [-0.15, -0.1) is 0 Å². The second-order valence-electron chi connectivity index (χ2n) is 9.79. The predicted molar refractivity (Wildman–Crippen MR) is 149 cm³/mol. The van der Waals surface area contributed by atoms with Gasteiger partial charge in [-0.05, 0) is 56.1 Å². The third-order valence-corrected chi connectivity index (χ3v) is 10.5. The average Bonchev–Trinajstić information content (AvgIpc) is 3.17. The summed E-state index contributed by atoms with van der Waals surface area (Å²) in [5.41, 5.74) is 4.54. The molecule has 0 saturated carbocycles. The Labute approximate surface area is 218 Å². The molecule has 1 aromatic heterocycles. The van der Waals surface area contributed by atoms with Crippen molar-refractivity contribution < 1.29 is 5.11 Å². The lowest BCUT2D eigenvalue weighted by atomic mass is 10.00. The Morgan fingerprint density at radius 2 is 1.21 bits per heavy atom. The fourth-order valence-corrected chi connectivity index (χ4v) is 8.03. The van der Waals surface area contributed by atoms with Crippen LogP contribution in [-0.4, -0.2) is 90.2 Å². The normalized spacial score (nSPS) is 19.1. The van der Waals surface area contributed by atoms with Gasteiger partial charge in [0, 0.05) is 76.6 Å². The Morgan fingerprint density at radius 3 is 1.59 bits per heavy atom. The predicted octanol–water partition coefficient (Wildman–Crippen LogP) is 5.28. The van der Waals surface area contributed by atoms with Crippen molar-refractivity contribution in [2.45, 2.75) is 46.7 Å². The molecule has 2 aliphatic rings. The highest BCUT2D eigenvalue weighted by atomic mass is 32.9. The maximum atomic E-state index is 11.4. The summed E-state index contributed by atoms with van der Waals surface area (Å²) in [5.74, 6) is 0.493. The number of phenols is 1. The molecule has 2 saturated heterocycles. The van der Waals surface area contributed by atoms with Crippen molar-refractivity contribution in [3.63, 3.8) is 0 Å². The van der Waals surface area contributed by atoms with Crippen molar-refractivity contribution >= 4 is 32.9 Å². The Balaban J connectivity index is 1.55. The first kappa shape index (κ1) is 26.2. The molecule has 0 bridgehead atoms. The van der Waals surface area contributed by atoms with Crippen LogP contribution >= 0.6 is 32.9 Å². The molecule has 5 nitrogen and oxygen atoms in total. The summed E-state index contributed by atoms with van der Waals surface area (Å²) in [6, 6.07) is 4.44. The van der Waals surface area contributed by atoms with E-state index in [1.54, 1.807) is 20.7 Å². The van der Waals surface area contributed by atoms with Crippen molar-refractivity contribution in [2.75, 3.05) is 65.4 Å². The third-order valence-electron chi connectivity index (χ3n) is 7.17. The van der Waals surface area contributed by atoms with Crippen LogP contribution in [0.4, 0.5) is 0 Å². The van der Waals surface area contributed by atoms with Crippen molar-refractivity contribution in [1.29, 1.82) is 0 Å². The topological polar surface area (TPSA) is 33.2 Å². The molecule has 4 rings (SSSR count). The Morgan fingerprint density at radius 1 is 0.765 bits per heavy atom. The van der Waals surface area contributed by atoms with Crippen LogP contribution in [-0.2, 0) is 13.1 Å². The van der Waals surface area contributed by atoms with Crippen LogP contribution in [0, 0.1) is 10.7 Å². The molecule has 2 aliphatic heterocycles. The summed E-state index contributed by atoms with van der Waals surface area (Å²) in [7, 11) is 3.46. The SMILES string of the molecule is CCCN1CCN(Cc2cc(-c3ssc(=S)c3C)cc(CN3CCN(CCC)CC3)c2O)CC1. The van der Waals surface area contributed by atoms with Gasteiger partial charge in [0.1, 0.15) is 9.57 Å². The lowest BCUT2D eigenvalue weighted by Gasteiger charge is -2.35. The van der Waals surface area contributed by atoms with Gasteiger partial charge in [-0.25, -0.2) is 0 Å². The number of hydrogen-bond donors (Lipinski definition) is 1. The molecule has 0 aliphatic carbocycles. The number of piperazine rings is 2. The highest BCUT2D eigenvalue weighted by Gasteiger charge is 2.22. The van der Waals surface area contributed by atoms with Crippen LogP contribution in [0.5, 0.6) is 5.75 Å². The maximum Gasteiger partial charge on any atom is 0.124 e. The van der Waals surface area contributed by atoms with Crippen molar-refractivity contribution in [3.8, 4) is 16.2 Å². The zero-order valence-electron chi connectivity index (χ0n) is 21.0. The van der Waals surface area contributed by atoms with Crippen LogP contribution in [0.25, 0.3) is 10.4 Å². The molecule has 188 valence electrons. The minimum atomic E-state index is 0.493. The first-order chi connectivity index (χ1) is 16.5. The van der Waals surface area contributed by atoms with Crippen LogP contribution in [0.15, 0.2) is 12.1 Å². The number of aromatic hydroxyl groups is 1. The van der Waals surface area contributed by atoms with Gasteiger partial charge < -0.3 is 14.9 Å². The summed E-state index contributed by atoms with van der Waals surface area (Å²) < 4.78 is 0.982. The summed E-state index contributed by atoms with van der Waals surface area (Å²) >= 11 is 5.55. The molecule has 0 amide bonds. The molecule has 34 heavy (non-hydrogen) atoms. The van der Waals surface area contributed by atoms with Crippen LogP contribution < -0.4 is 0 Å². The molecule has 1 N–H and O–H groups in total. The lowest BCUT2D eigenvalue weighted by molar-refractivity contribution is 0.124. The molecule has 0 atom stereocenters. The number of nitrogens with zero attached hydrogens (tertiary/aromatic N) is 4. The van der Waals surface area contributed by atoms with Gasteiger partial charge in [0.05, 0.1) is 4.88 Å². The van der Waals surface area contributed by atoms with Crippen LogP contribution in [0.1, 0.15) is 43.4 Å². The quantitative estimate of drug-likeness (QED) is 0.358. The van der Waals surface area contributed by atoms with E-state index in [-0.39, 0.29) is 0 Å². The molecule has 1 aromatic carbocycles. The van der Waals surface area contributed by atoms with Gasteiger partial charge in [0.15, 0.2) is 0 Å². The fourth-order valence-electron chi connectivity index (χ4n) is 5.15. The molecule has 0 radical (unpaired) electrons. The number of benzene rings is 1. The number of rotatable bonds is 9. The smallest absolute Gasteiger partial charge is 0.124 e. The van der Waals surface area contributed by atoms with Crippen LogP contribution in [0.2, 0.25) is 0 Å². The van der Waals surface area contributed by atoms with Gasteiger partial charge in [-0.1, -0.05) is 46.7 Å². The fraction of sp³-hybridized carbons (Fsp3) is 0.654. The summed E-state index contributed by atoms with van der Waals surface area (Å²) in [6.45, 7) is 19.4. The molecule has 3 heterocycles. The second-order valence-corrected chi connectivity index (χ2v) is 12.6. The Kier molecular flexibility index (Phi) is 9.55. The molecular formula is C26H40N4OS3. The second kappa shape index (κ2) is 12.4. The molecular weight excluding hydrogens is 481 g/mol. The number of phenolic OH excluding ortho intramolecular Hbond substituents is 1. The molecule has 0 unspecified atom stereocenters. The lowest BCUT2D eigenvalue weighted by Crippen LogP contribution is -2.46. The van der Waals surface area contributed by atoms with E-state index < -0.39 is 0 Å². The third kappa shape index (κ3) is 6.46. The van der Waals surface area contributed by atoms with Gasteiger partial charge in [0.2, 0.25) is 0 Å². The Hall–Kier alpha value is -0.870. The van der Waals surface area contributed by atoms with E-state index in [0.717, 1.165) is 80.4 Å². The largest absolute Gasteiger partial charge is 0.507 e. The molecule has 8 heteroatoms. The van der Waals surface area contributed by atoms with E-state index in [2.05, 4.69) is 52.5 Å². The molecule has 2 fully saturated rings. The average molecular weight is 521 g/mol. The van der Waals surface area contributed by atoms with E-state index in [1.165, 1.54) is 41.9 Å². The highest BCUT2D eigenvalue weighted by Crippen LogP contribution is 2.38. The van der Waals surface area contributed by atoms with Gasteiger partial charge >= 0.3 is 0 Å². The zero-order chi connectivity index (χ0) is 24.1. The van der Waals surface area contributed by atoms with Gasteiger partial charge in [-0.2, -0.15) is 0 Å². The molecule has 0 spiro atoms. The van der Waals surface area contributed by atoms with E-state index in [4.69, 9.17) is 12.2 Å².